The van der Waals surface area contributed by atoms with E-state index >= 15 is 0 Å². The zero-order valence-corrected chi connectivity index (χ0v) is 11.6. The van der Waals surface area contributed by atoms with Gasteiger partial charge in [-0.25, -0.2) is 9.59 Å². The highest BCUT2D eigenvalue weighted by molar-refractivity contribution is 5.83. The second-order valence-corrected chi connectivity index (χ2v) is 4.36. The third-order valence-corrected chi connectivity index (χ3v) is 2.85. The Morgan fingerprint density at radius 2 is 1.90 bits per heavy atom. The molecule has 0 aliphatic heterocycles. The lowest BCUT2D eigenvalue weighted by atomic mass is 10.1. The van der Waals surface area contributed by atoms with Gasteiger partial charge < -0.3 is 20.5 Å². The molecule has 20 heavy (non-hydrogen) atoms. The maximum absolute atomic E-state index is 11.8. The molecule has 3 N–H and O–H groups in total. The summed E-state index contributed by atoms with van der Waals surface area (Å²) in [5, 5.41) is 14.3. The molecule has 0 bridgehead atoms. The van der Waals surface area contributed by atoms with Crippen molar-refractivity contribution in [1.29, 1.82) is 0 Å². The van der Waals surface area contributed by atoms with E-state index in [9.17, 15) is 14.7 Å². The van der Waals surface area contributed by atoms with Gasteiger partial charge in [-0.1, -0.05) is 37.3 Å². The minimum Gasteiger partial charge on any atom is -0.479 e. The number of hydrogen-bond donors (Lipinski definition) is 3. The molecule has 0 heterocycles. The summed E-state index contributed by atoms with van der Waals surface area (Å²) < 4.78 is 4.97. The van der Waals surface area contributed by atoms with Gasteiger partial charge in [0.1, 0.15) is 0 Å². The number of nitrogens with one attached hydrogen (secondary N) is 2. The third kappa shape index (κ3) is 4.89. The normalized spacial score (nSPS) is 13.3. The van der Waals surface area contributed by atoms with Crippen LogP contribution < -0.4 is 10.6 Å². The Balaban J connectivity index is 2.67. The van der Waals surface area contributed by atoms with Crippen LogP contribution in [0.4, 0.5) is 4.79 Å². The van der Waals surface area contributed by atoms with Crippen molar-refractivity contribution in [2.75, 3.05) is 13.7 Å². The second-order valence-electron chi connectivity index (χ2n) is 4.36. The van der Waals surface area contributed by atoms with E-state index in [-0.39, 0.29) is 6.04 Å². The zero-order chi connectivity index (χ0) is 15.0. The van der Waals surface area contributed by atoms with Crippen molar-refractivity contribution in [2.24, 2.45) is 0 Å². The molecule has 0 fully saturated rings. The van der Waals surface area contributed by atoms with Crippen LogP contribution in [0.5, 0.6) is 0 Å². The lowest BCUT2D eigenvalue weighted by Crippen LogP contribution is -2.46. The van der Waals surface area contributed by atoms with E-state index in [1.807, 2.05) is 6.92 Å². The highest BCUT2D eigenvalue weighted by Crippen LogP contribution is 2.12. The Kier molecular flexibility index (Phi) is 6.52. The number of methoxy groups -OCH3 is 1. The fourth-order valence-corrected chi connectivity index (χ4v) is 1.75. The van der Waals surface area contributed by atoms with E-state index in [2.05, 4.69) is 10.6 Å². The van der Waals surface area contributed by atoms with Crippen LogP contribution in [-0.4, -0.2) is 36.9 Å². The quantitative estimate of drug-likeness (QED) is 0.707. The summed E-state index contributed by atoms with van der Waals surface area (Å²) in [4.78, 5) is 23.1. The number of benzene rings is 1. The average molecular weight is 280 g/mol. The standard InChI is InChI=1S/C14H20N2O4/c1-3-11(9-20-2)15-14(19)16-12(13(17)18)10-7-5-4-6-8-10/h4-8,11-12H,3,9H2,1-2H3,(H,17,18)(H2,15,16,19)/t11?,12-/m0/s1. The van der Waals surface area contributed by atoms with Gasteiger partial charge in [-0.05, 0) is 12.0 Å². The van der Waals surface area contributed by atoms with E-state index in [0.29, 0.717) is 18.6 Å². The van der Waals surface area contributed by atoms with Crippen molar-refractivity contribution in [3.8, 4) is 0 Å². The maximum Gasteiger partial charge on any atom is 0.330 e. The van der Waals surface area contributed by atoms with E-state index in [1.54, 1.807) is 37.4 Å². The number of carbonyl (C=O) groups excluding carboxylic acids is 1. The lowest BCUT2D eigenvalue weighted by molar-refractivity contribution is -0.139. The van der Waals surface area contributed by atoms with Gasteiger partial charge in [0.25, 0.3) is 0 Å². The van der Waals surface area contributed by atoms with Crippen molar-refractivity contribution in [3.63, 3.8) is 0 Å². The van der Waals surface area contributed by atoms with E-state index in [1.165, 1.54) is 0 Å². The number of rotatable bonds is 7. The zero-order valence-electron chi connectivity index (χ0n) is 11.6. The van der Waals surface area contributed by atoms with Gasteiger partial charge in [0.2, 0.25) is 0 Å². The number of ether oxygens (including phenoxy) is 1. The minimum absolute atomic E-state index is 0.148. The van der Waals surface area contributed by atoms with Gasteiger partial charge in [0, 0.05) is 7.11 Å². The van der Waals surface area contributed by atoms with Gasteiger partial charge in [0.05, 0.1) is 12.6 Å². The van der Waals surface area contributed by atoms with Gasteiger partial charge in [0.15, 0.2) is 6.04 Å². The molecule has 1 unspecified atom stereocenters. The van der Waals surface area contributed by atoms with Crippen LogP contribution in [0.1, 0.15) is 24.9 Å². The predicted molar refractivity (Wildman–Crippen MR) is 74.4 cm³/mol. The minimum atomic E-state index is -1.11. The van der Waals surface area contributed by atoms with E-state index in [4.69, 9.17) is 4.74 Å². The Bertz CT molecular complexity index is 436. The molecular weight excluding hydrogens is 260 g/mol. The highest BCUT2D eigenvalue weighted by atomic mass is 16.5. The van der Waals surface area contributed by atoms with Gasteiger partial charge in [-0.2, -0.15) is 0 Å². The maximum atomic E-state index is 11.8. The first-order valence-corrected chi connectivity index (χ1v) is 6.42. The van der Waals surface area contributed by atoms with Gasteiger partial charge >= 0.3 is 12.0 Å². The fraction of sp³-hybridized carbons (Fsp3) is 0.429. The number of carbonyl (C=O) groups is 2. The van der Waals surface area contributed by atoms with Crippen molar-refractivity contribution >= 4 is 12.0 Å². The molecule has 0 aliphatic rings. The first-order chi connectivity index (χ1) is 9.58. The first kappa shape index (κ1) is 16.0. The summed E-state index contributed by atoms with van der Waals surface area (Å²) in [5.74, 6) is -1.11. The molecule has 0 radical (unpaired) electrons. The lowest BCUT2D eigenvalue weighted by Gasteiger charge is -2.19. The summed E-state index contributed by atoms with van der Waals surface area (Å²) in [5.41, 5.74) is 0.523. The molecule has 1 aromatic rings. The van der Waals surface area contributed by atoms with E-state index < -0.39 is 18.0 Å². The summed E-state index contributed by atoms with van der Waals surface area (Å²) in [7, 11) is 1.55. The molecule has 0 aliphatic carbocycles. The van der Waals surface area contributed by atoms with Crippen LogP contribution in [-0.2, 0) is 9.53 Å². The number of hydrogen-bond acceptors (Lipinski definition) is 3. The molecule has 0 aromatic heterocycles. The van der Waals surface area contributed by atoms with Crippen LogP contribution in [0.3, 0.4) is 0 Å². The fourth-order valence-electron chi connectivity index (χ4n) is 1.75. The topological polar surface area (TPSA) is 87.7 Å². The predicted octanol–water partition coefficient (Wildman–Crippen LogP) is 1.54. The van der Waals surface area contributed by atoms with Crippen molar-refractivity contribution in [1.82, 2.24) is 10.6 Å². The third-order valence-electron chi connectivity index (χ3n) is 2.85. The molecule has 1 aromatic carbocycles. The Labute approximate surface area is 118 Å². The molecule has 0 spiro atoms. The molecule has 2 amide bonds. The molecule has 0 saturated carbocycles. The number of aliphatic carboxylic acids is 1. The largest absolute Gasteiger partial charge is 0.479 e. The molecule has 6 heteroatoms. The number of carboxylic acids is 1. The molecule has 6 nitrogen and oxygen atoms in total. The highest BCUT2D eigenvalue weighted by Gasteiger charge is 2.22. The first-order valence-electron chi connectivity index (χ1n) is 6.42. The summed E-state index contributed by atoms with van der Waals surface area (Å²) in [6.07, 6.45) is 0.699. The van der Waals surface area contributed by atoms with Crippen molar-refractivity contribution in [3.05, 3.63) is 35.9 Å². The van der Waals surface area contributed by atoms with Crippen LogP contribution in [0.15, 0.2) is 30.3 Å². The van der Waals surface area contributed by atoms with Gasteiger partial charge in [-0.3, -0.25) is 0 Å². The van der Waals surface area contributed by atoms with E-state index in [0.717, 1.165) is 0 Å². The Morgan fingerprint density at radius 1 is 1.25 bits per heavy atom. The van der Waals surface area contributed by atoms with Crippen LogP contribution in [0.25, 0.3) is 0 Å². The summed E-state index contributed by atoms with van der Waals surface area (Å²) in [6, 6.07) is 6.81. The Morgan fingerprint density at radius 3 is 2.40 bits per heavy atom. The molecule has 2 atom stereocenters. The molecule has 110 valence electrons. The summed E-state index contributed by atoms with van der Waals surface area (Å²) >= 11 is 0. The molecule has 1 rings (SSSR count). The van der Waals surface area contributed by atoms with Crippen molar-refractivity contribution < 1.29 is 19.4 Å². The number of amides is 2. The van der Waals surface area contributed by atoms with Crippen LogP contribution in [0.2, 0.25) is 0 Å². The SMILES string of the molecule is CCC(COC)NC(=O)N[C@H](C(=O)O)c1ccccc1. The number of carboxylic acid groups (broad SMARTS) is 1. The molecular formula is C14H20N2O4. The second kappa shape index (κ2) is 8.16. The van der Waals surface area contributed by atoms with Crippen LogP contribution in [0, 0.1) is 0 Å². The Hall–Kier alpha value is -2.08. The average Bonchev–Trinajstić information content (AvgIpc) is 2.45. The molecule has 0 saturated heterocycles. The summed E-state index contributed by atoms with van der Waals surface area (Å²) in [6.45, 7) is 2.29. The van der Waals surface area contributed by atoms with Gasteiger partial charge in [-0.15, -0.1) is 0 Å². The van der Waals surface area contributed by atoms with Crippen LogP contribution >= 0.6 is 0 Å². The van der Waals surface area contributed by atoms with Crippen molar-refractivity contribution in [2.45, 2.75) is 25.4 Å². The monoisotopic (exact) mass is 280 g/mol. The smallest absolute Gasteiger partial charge is 0.330 e. The number of urea groups is 1.